The highest BCUT2D eigenvalue weighted by Gasteiger charge is 2.52. The van der Waals surface area contributed by atoms with Gasteiger partial charge in [-0.1, -0.05) is 23.7 Å². The van der Waals surface area contributed by atoms with Crippen LogP contribution in [0, 0.1) is 12.8 Å². The molecule has 1 aliphatic rings. The number of hydrogen-bond donors (Lipinski definition) is 2. The fraction of sp³-hybridized carbons (Fsp3) is 0.263. The van der Waals surface area contributed by atoms with Gasteiger partial charge in [0.05, 0.1) is 17.2 Å². The minimum atomic E-state index is -0.679. The Morgan fingerprint density at radius 3 is 2.56 bits per heavy atom. The minimum absolute atomic E-state index is 0.125. The normalized spacial score (nSPS) is 17.1. The molecule has 0 saturated heterocycles. The van der Waals surface area contributed by atoms with E-state index < -0.39 is 16.3 Å². The predicted octanol–water partition coefficient (Wildman–Crippen LogP) is 5.18. The Labute approximate surface area is 171 Å². The lowest BCUT2D eigenvalue weighted by Gasteiger charge is -2.12. The molecule has 0 aliphatic heterocycles. The van der Waals surface area contributed by atoms with E-state index in [0.717, 1.165) is 5.56 Å². The van der Waals surface area contributed by atoms with Crippen molar-refractivity contribution in [3.05, 3.63) is 58.6 Å². The number of imide groups is 1. The molecule has 1 atom stereocenters. The third kappa shape index (κ3) is 5.06. The second-order valence-corrected chi connectivity index (χ2v) is 8.29. The average Bonchev–Trinajstić information content (AvgIpc) is 3.21. The number of anilines is 1. The number of alkyl halides is 2. The SMILES string of the molecule is Cc1cc(NC(=O)NC(=O)c2ccccc2Cl)ccc1OCC1CC1(Cl)Cl. The van der Waals surface area contributed by atoms with E-state index in [1.54, 1.807) is 36.4 Å². The number of nitrogens with one attached hydrogen (secondary N) is 2. The molecule has 5 nitrogen and oxygen atoms in total. The molecule has 2 N–H and O–H groups in total. The zero-order valence-corrected chi connectivity index (χ0v) is 16.7. The van der Waals surface area contributed by atoms with Crippen molar-refractivity contribution < 1.29 is 14.3 Å². The van der Waals surface area contributed by atoms with Crippen LogP contribution in [-0.4, -0.2) is 22.9 Å². The first-order chi connectivity index (χ1) is 12.8. The Balaban J connectivity index is 1.55. The number of carbonyl (C=O) groups excluding carboxylic acids is 2. The third-order valence-electron chi connectivity index (χ3n) is 4.17. The summed E-state index contributed by atoms with van der Waals surface area (Å²) in [5.41, 5.74) is 1.59. The van der Waals surface area contributed by atoms with Crippen LogP contribution in [0.4, 0.5) is 10.5 Å². The summed E-state index contributed by atoms with van der Waals surface area (Å²) in [4.78, 5) is 24.1. The number of halogens is 3. The molecule has 1 saturated carbocycles. The summed E-state index contributed by atoms with van der Waals surface area (Å²) in [6.45, 7) is 2.29. The first kappa shape index (κ1) is 19.8. The lowest BCUT2D eigenvalue weighted by atomic mass is 10.2. The van der Waals surface area contributed by atoms with Crippen LogP contribution in [0.2, 0.25) is 5.02 Å². The second kappa shape index (κ2) is 7.97. The van der Waals surface area contributed by atoms with Gasteiger partial charge < -0.3 is 10.1 Å². The fourth-order valence-corrected chi connectivity index (χ4v) is 3.23. The Kier molecular flexibility index (Phi) is 5.84. The van der Waals surface area contributed by atoms with E-state index in [9.17, 15) is 9.59 Å². The van der Waals surface area contributed by atoms with Crippen LogP contribution in [0.1, 0.15) is 22.3 Å². The predicted molar refractivity (Wildman–Crippen MR) is 107 cm³/mol. The van der Waals surface area contributed by atoms with Crippen molar-refractivity contribution in [1.29, 1.82) is 0 Å². The van der Waals surface area contributed by atoms with Gasteiger partial charge >= 0.3 is 6.03 Å². The number of ether oxygens (including phenoxy) is 1. The molecule has 27 heavy (non-hydrogen) atoms. The molecule has 3 amide bonds. The van der Waals surface area contributed by atoms with Crippen LogP contribution in [-0.2, 0) is 0 Å². The van der Waals surface area contributed by atoms with Gasteiger partial charge in [-0.25, -0.2) is 4.79 Å². The van der Waals surface area contributed by atoms with Gasteiger partial charge in [0.1, 0.15) is 10.1 Å². The maximum Gasteiger partial charge on any atom is 0.326 e. The third-order valence-corrected chi connectivity index (χ3v) is 5.43. The lowest BCUT2D eigenvalue weighted by molar-refractivity contribution is 0.0967. The highest BCUT2D eigenvalue weighted by molar-refractivity contribution is 6.50. The van der Waals surface area contributed by atoms with Crippen LogP contribution in [0.15, 0.2) is 42.5 Å². The largest absolute Gasteiger partial charge is 0.493 e. The van der Waals surface area contributed by atoms with Crippen molar-refractivity contribution in [2.75, 3.05) is 11.9 Å². The average molecular weight is 428 g/mol. The topological polar surface area (TPSA) is 67.4 Å². The molecule has 0 aromatic heterocycles. The molecular weight excluding hydrogens is 411 g/mol. The standard InChI is InChI=1S/C19H17Cl3N2O3/c1-11-8-13(6-7-16(11)27-10-12-9-19(12,21)22)23-18(26)24-17(25)14-4-2-3-5-15(14)20/h2-8,12H,9-10H2,1H3,(H2,23,24,25,26). The summed E-state index contributed by atoms with van der Waals surface area (Å²) in [7, 11) is 0. The maximum absolute atomic E-state index is 12.1. The van der Waals surface area contributed by atoms with Gasteiger partial charge in [-0.05, 0) is 49.2 Å². The number of benzene rings is 2. The Morgan fingerprint density at radius 1 is 1.22 bits per heavy atom. The first-order valence-electron chi connectivity index (χ1n) is 8.24. The molecule has 1 fully saturated rings. The van der Waals surface area contributed by atoms with Gasteiger partial charge in [0.15, 0.2) is 0 Å². The van der Waals surface area contributed by atoms with Crippen molar-refractivity contribution in [1.82, 2.24) is 5.32 Å². The van der Waals surface area contributed by atoms with Gasteiger partial charge in [0, 0.05) is 11.6 Å². The molecule has 8 heteroatoms. The van der Waals surface area contributed by atoms with Crippen LogP contribution in [0.3, 0.4) is 0 Å². The zero-order valence-electron chi connectivity index (χ0n) is 14.4. The Hall–Kier alpha value is -1.95. The quantitative estimate of drug-likeness (QED) is 0.646. The summed E-state index contributed by atoms with van der Waals surface area (Å²) in [6, 6.07) is 11.0. The number of carbonyl (C=O) groups is 2. The molecule has 0 bridgehead atoms. The minimum Gasteiger partial charge on any atom is -0.493 e. The molecule has 0 spiro atoms. The molecule has 1 aliphatic carbocycles. The summed E-state index contributed by atoms with van der Waals surface area (Å²) in [6.07, 6.45) is 0.717. The molecule has 142 valence electrons. The second-order valence-electron chi connectivity index (χ2n) is 6.34. The number of rotatable bonds is 5. The summed E-state index contributed by atoms with van der Waals surface area (Å²) < 4.78 is 5.05. The molecular formula is C19H17Cl3N2O3. The summed E-state index contributed by atoms with van der Waals surface area (Å²) in [5.74, 6) is 0.230. The highest BCUT2D eigenvalue weighted by Crippen LogP contribution is 2.53. The van der Waals surface area contributed by atoms with Gasteiger partial charge in [-0.15, -0.1) is 23.2 Å². The first-order valence-corrected chi connectivity index (χ1v) is 9.38. The summed E-state index contributed by atoms with van der Waals surface area (Å²) in [5, 5.41) is 5.12. The van der Waals surface area contributed by atoms with E-state index in [1.165, 1.54) is 6.07 Å². The number of amides is 3. The molecule has 1 unspecified atom stereocenters. The lowest BCUT2D eigenvalue weighted by Crippen LogP contribution is -2.34. The highest BCUT2D eigenvalue weighted by atomic mass is 35.5. The van der Waals surface area contributed by atoms with E-state index in [0.29, 0.717) is 24.5 Å². The van der Waals surface area contributed by atoms with E-state index in [2.05, 4.69) is 10.6 Å². The maximum atomic E-state index is 12.1. The van der Waals surface area contributed by atoms with E-state index in [1.807, 2.05) is 6.92 Å². The smallest absolute Gasteiger partial charge is 0.326 e. The van der Waals surface area contributed by atoms with Crippen molar-refractivity contribution in [3.8, 4) is 5.75 Å². The van der Waals surface area contributed by atoms with E-state index in [-0.39, 0.29) is 16.5 Å². The molecule has 0 radical (unpaired) electrons. The van der Waals surface area contributed by atoms with Crippen LogP contribution in [0.5, 0.6) is 5.75 Å². The van der Waals surface area contributed by atoms with Crippen LogP contribution in [0.25, 0.3) is 0 Å². The zero-order chi connectivity index (χ0) is 19.6. The molecule has 2 aromatic rings. The van der Waals surface area contributed by atoms with Crippen molar-refractivity contribution in [3.63, 3.8) is 0 Å². The van der Waals surface area contributed by atoms with E-state index in [4.69, 9.17) is 39.5 Å². The molecule has 3 rings (SSSR count). The van der Waals surface area contributed by atoms with Crippen molar-refractivity contribution >= 4 is 52.4 Å². The van der Waals surface area contributed by atoms with Gasteiger partial charge in [0.25, 0.3) is 5.91 Å². The monoisotopic (exact) mass is 426 g/mol. The Bertz CT molecular complexity index is 886. The number of urea groups is 1. The molecule has 2 aromatic carbocycles. The number of hydrogen-bond acceptors (Lipinski definition) is 3. The van der Waals surface area contributed by atoms with Crippen molar-refractivity contribution in [2.24, 2.45) is 5.92 Å². The summed E-state index contributed by atoms with van der Waals surface area (Å²) >= 11 is 17.9. The van der Waals surface area contributed by atoms with Crippen LogP contribution >= 0.6 is 34.8 Å². The van der Waals surface area contributed by atoms with Gasteiger partial charge in [-0.3, -0.25) is 10.1 Å². The van der Waals surface area contributed by atoms with Crippen molar-refractivity contribution in [2.45, 2.75) is 17.7 Å². The van der Waals surface area contributed by atoms with E-state index >= 15 is 0 Å². The van der Waals surface area contributed by atoms with Gasteiger partial charge in [0.2, 0.25) is 0 Å². The fourth-order valence-electron chi connectivity index (χ4n) is 2.51. The number of aryl methyl sites for hydroxylation is 1. The molecule has 0 heterocycles. The Morgan fingerprint density at radius 2 is 1.93 bits per heavy atom. The van der Waals surface area contributed by atoms with Crippen LogP contribution < -0.4 is 15.4 Å². The van der Waals surface area contributed by atoms with Gasteiger partial charge in [-0.2, -0.15) is 0 Å².